The van der Waals surface area contributed by atoms with Gasteiger partial charge in [-0.1, -0.05) is 60.7 Å². The smallest absolute Gasteiger partial charge is 0.407 e. The van der Waals surface area contributed by atoms with E-state index in [9.17, 15) is 14.7 Å². The molecule has 0 bridgehead atoms. The van der Waals surface area contributed by atoms with Crippen LogP contribution in [0.2, 0.25) is 0 Å². The fraction of sp³-hybridized carbons (Fsp3) is 0.323. The van der Waals surface area contributed by atoms with Gasteiger partial charge >= 0.3 is 12.1 Å². The fourth-order valence-corrected chi connectivity index (χ4v) is 5.08. The van der Waals surface area contributed by atoms with Crippen LogP contribution in [-0.4, -0.2) is 49.6 Å². The van der Waals surface area contributed by atoms with Crippen LogP contribution in [0.5, 0.6) is 5.75 Å². The summed E-state index contributed by atoms with van der Waals surface area (Å²) in [6.07, 6.45) is -0.353. The zero-order valence-electron chi connectivity index (χ0n) is 23.4. The molecule has 1 amide bonds. The van der Waals surface area contributed by atoms with Gasteiger partial charge in [-0.25, -0.2) is 14.3 Å². The van der Waals surface area contributed by atoms with Gasteiger partial charge in [-0.2, -0.15) is 0 Å². The van der Waals surface area contributed by atoms with Crippen LogP contribution in [0.25, 0.3) is 11.1 Å². The molecule has 2 N–H and O–H groups in total. The lowest BCUT2D eigenvalue weighted by Gasteiger charge is -2.22. The number of tetrazole rings is 1. The molecule has 5 rings (SSSR count). The second-order valence-corrected chi connectivity index (χ2v) is 11.1. The van der Waals surface area contributed by atoms with E-state index in [2.05, 4.69) is 45.1 Å². The highest BCUT2D eigenvalue weighted by Gasteiger charge is 2.31. The monoisotopic (exact) mass is 555 g/mol. The van der Waals surface area contributed by atoms with Crippen molar-refractivity contribution >= 4 is 12.1 Å². The molecular weight excluding hydrogens is 522 g/mol. The molecule has 2 atom stereocenters. The number of carbonyl (C=O) groups is 2. The molecule has 0 radical (unpaired) electrons. The molecule has 4 aromatic rings. The molecule has 1 aliphatic rings. The summed E-state index contributed by atoms with van der Waals surface area (Å²) in [5.41, 5.74) is 5.01. The van der Waals surface area contributed by atoms with Crippen molar-refractivity contribution in [3.8, 4) is 16.9 Å². The lowest BCUT2D eigenvalue weighted by Crippen LogP contribution is -2.34. The van der Waals surface area contributed by atoms with Crippen molar-refractivity contribution in [3.05, 3.63) is 95.3 Å². The SMILES string of the molecule is CC(C(=O)O)n1nnnc1[C@H](Cc1ccc(OC(C)(C)C)cc1)NC(=O)OCC1c2ccccc2-c2ccccc21. The zero-order valence-corrected chi connectivity index (χ0v) is 23.4. The van der Waals surface area contributed by atoms with Gasteiger partial charge in [0.15, 0.2) is 11.9 Å². The summed E-state index contributed by atoms with van der Waals surface area (Å²) >= 11 is 0. The molecule has 3 aromatic carbocycles. The minimum atomic E-state index is -1.10. The van der Waals surface area contributed by atoms with Crippen molar-refractivity contribution in [2.45, 2.75) is 57.7 Å². The van der Waals surface area contributed by atoms with Crippen molar-refractivity contribution < 1.29 is 24.2 Å². The van der Waals surface area contributed by atoms with Gasteiger partial charge in [0, 0.05) is 12.3 Å². The van der Waals surface area contributed by atoms with Gasteiger partial charge in [-0.05, 0) is 78.1 Å². The molecule has 10 heteroatoms. The van der Waals surface area contributed by atoms with Crippen molar-refractivity contribution in [1.29, 1.82) is 0 Å². The molecule has 0 saturated heterocycles. The number of ether oxygens (including phenoxy) is 2. The van der Waals surface area contributed by atoms with Crippen molar-refractivity contribution in [2.24, 2.45) is 0 Å². The highest BCUT2D eigenvalue weighted by atomic mass is 16.5. The quantitative estimate of drug-likeness (QED) is 0.284. The Morgan fingerprint density at radius 2 is 1.59 bits per heavy atom. The van der Waals surface area contributed by atoms with Crippen LogP contribution in [0.3, 0.4) is 0 Å². The molecule has 1 aliphatic carbocycles. The second kappa shape index (κ2) is 11.4. The third kappa shape index (κ3) is 6.21. The van der Waals surface area contributed by atoms with E-state index >= 15 is 0 Å². The first-order chi connectivity index (χ1) is 19.6. The first-order valence-corrected chi connectivity index (χ1v) is 13.5. The minimum absolute atomic E-state index is 0.0979. The van der Waals surface area contributed by atoms with E-state index in [-0.39, 0.29) is 24.0 Å². The maximum Gasteiger partial charge on any atom is 0.407 e. The minimum Gasteiger partial charge on any atom is -0.488 e. The fourth-order valence-electron chi connectivity index (χ4n) is 5.08. The zero-order chi connectivity index (χ0) is 29.1. The van der Waals surface area contributed by atoms with Crippen LogP contribution in [-0.2, 0) is 16.0 Å². The largest absolute Gasteiger partial charge is 0.488 e. The lowest BCUT2D eigenvalue weighted by molar-refractivity contribution is -0.140. The Bertz CT molecular complexity index is 1500. The number of aliphatic carboxylic acids is 1. The second-order valence-electron chi connectivity index (χ2n) is 11.1. The van der Waals surface area contributed by atoms with E-state index in [1.54, 1.807) is 0 Å². The average Bonchev–Trinajstić information content (AvgIpc) is 3.55. The summed E-state index contributed by atoms with van der Waals surface area (Å²) in [5, 5.41) is 24.1. The van der Waals surface area contributed by atoms with Gasteiger partial charge in [-0.15, -0.1) is 5.10 Å². The number of alkyl carbamates (subject to hydrolysis) is 1. The van der Waals surface area contributed by atoms with Gasteiger partial charge in [0.25, 0.3) is 0 Å². The summed E-state index contributed by atoms with van der Waals surface area (Å²) in [7, 11) is 0. The number of amides is 1. The first kappa shape index (κ1) is 27.8. The Balaban J connectivity index is 1.35. The summed E-state index contributed by atoms with van der Waals surface area (Å²) < 4.78 is 12.9. The lowest BCUT2D eigenvalue weighted by atomic mass is 9.98. The van der Waals surface area contributed by atoms with Gasteiger partial charge in [0.05, 0.1) is 6.04 Å². The molecule has 212 valence electrons. The Hall–Kier alpha value is -4.73. The van der Waals surface area contributed by atoms with E-state index in [0.29, 0.717) is 12.2 Å². The van der Waals surface area contributed by atoms with Crippen LogP contribution in [0, 0.1) is 0 Å². The van der Waals surface area contributed by atoms with E-state index in [1.807, 2.05) is 69.3 Å². The highest BCUT2D eigenvalue weighted by Crippen LogP contribution is 2.44. The summed E-state index contributed by atoms with van der Waals surface area (Å²) in [4.78, 5) is 24.9. The van der Waals surface area contributed by atoms with E-state index in [1.165, 1.54) is 11.6 Å². The molecular formula is C31H33N5O5. The average molecular weight is 556 g/mol. The molecule has 0 saturated carbocycles. The molecule has 1 heterocycles. The van der Waals surface area contributed by atoms with Crippen molar-refractivity contribution in [3.63, 3.8) is 0 Å². The number of carboxylic acid groups (broad SMARTS) is 1. The predicted molar refractivity (Wildman–Crippen MR) is 152 cm³/mol. The van der Waals surface area contributed by atoms with E-state index in [0.717, 1.165) is 27.8 Å². The normalized spacial score (nSPS) is 14.0. The van der Waals surface area contributed by atoms with E-state index in [4.69, 9.17) is 9.47 Å². The molecule has 0 aliphatic heterocycles. The number of carboxylic acids is 1. The Morgan fingerprint density at radius 3 is 2.17 bits per heavy atom. The number of benzene rings is 3. The molecule has 0 fully saturated rings. The van der Waals surface area contributed by atoms with Gasteiger partial charge in [0.1, 0.15) is 18.0 Å². The van der Waals surface area contributed by atoms with E-state index < -0.39 is 24.1 Å². The first-order valence-electron chi connectivity index (χ1n) is 13.5. The number of nitrogens with one attached hydrogen (secondary N) is 1. The number of aromatic nitrogens is 4. The molecule has 0 spiro atoms. The third-order valence-electron chi connectivity index (χ3n) is 6.98. The third-order valence-corrected chi connectivity index (χ3v) is 6.98. The molecule has 1 aromatic heterocycles. The Kier molecular flexibility index (Phi) is 7.74. The van der Waals surface area contributed by atoms with Crippen LogP contribution in [0.4, 0.5) is 4.79 Å². The maximum absolute atomic E-state index is 13.2. The van der Waals surface area contributed by atoms with Crippen LogP contribution >= 0.6 is 0 Å². The maximum atomic E-state index is 13.2. The Morgan fingerprint density at radius 1 is 0.976 bits per heavy atom. The molecule has 10 nitrogen and oxygen atoms in total. The van der Waals surface area contributed by atoms with Crippen molar-refractivity contribution in [1.82, 2.24) is 25.5 Å². The number of rotatable bonds is 9. The summed E-state index contributed by atoms with van der Waals surface area (Å²) in [5.74, 6) is -0.267. The topological polar surface area (TPSA) is 128 Å². The van der Waals surface area contributed by atoms with Gasteiger partial charge in [-0.3, -0.25) is 0 Å². The number of fused-ring (bicyclic) bond motifs is 3. The molecule has 1 unspecified atom stereocenters. The highest BCUT2D eigenvalue weighted by molar-refractivity contribution is 5.79. The van der Waals surface area contributed by atoms with Gasteiger partial charge < -0.3 is 19.9 Å². The summed E-state index contributed by atoms with van der Waals surface area (Å²) in [6.45, 7) is 7.53. The molecule has 41 heavy (non-hydrogen) atoms. The summed E-state index contributed by atoms with van der Waals surface area (Å²) in [6, 6.07) is 21.9. The number of hydrogen-bond donors (Lipinski definition) is 2. The number of hydrogen-bond acceptors (Lipinski definition) is 7. The number of carbonyl (C=O) groups excluding carboxylic acids is 1. The number of nitrogens with zero attached hydrogens (tertiary/aromatic N) is 4. The van der Waals surface area contributed by atoms with Crippen LogP contribution in [0.1, 0.15) is 68.2 Å². The standard InChI is InChI=1S/C31H33N5O5/c1-19(29(37)38)36-28(33-34-35-36)27(17-20-13-15-21(16-14-20)41-31(2,3)4)32-30(39)40-18-26-24-11-7-5-9-22(24)23-10-6-8-12-25(23)26/h5-16,19,26-27H,17-18H2,1-4H3,(H,32,39)(H,37,38)/t19?,27-/m0/s1. The van der Waals surface area contributed by atoms with Crippen molar-refractivity contribution in [2.75, 3.05) is 6.61 Å². The predicted octanol–water partition coefficient (Wildman–Crippen LogP) is 5.32. The van der Waals surface area contributed by atoms with Gasteiger partial charge in [0.2, 0.25) is 0 Å². The van der Waals surface area contributed by atoms with Crippen LogP contribution < -0.4 is 10.1 Å². The van der Waals surface area contributed by atoms with Crippen LogP contribution in [0.15, 0.2) is 72.8 Å². The Labute approximate surface area is 238 Å².